The molecule has 0 spiro atoms. The predicted molar refractivity (Wildman–Crippen MR) is 229 cm³/mol. The summed E-state index contributed by atoms with van der Waals surface area (Å²) in [5.41, 5.74) is 11.9. The lowest BCUT2D eigenvalue weighted by molar-refractivity contribution is 0.667. The molecule has 0 radical (unpaired) electrons. The third kappa shape index (κ3) is 5.21. The van der Waals surface area contributed by atoms with E-state index in [2.05, 4.69) is 156 Å². The fourth-order valence-electron chi connectivity index (χ4n) is 8.09. The molecule has 0 fully saturated rings. The van der Waals surface area contributed by atoms with Gasteiger partial charge in [0.1, 0.15) is 5.58 Å². The number of aromatic nitrogens is 4. The number of rotatable bonds is 6. The number of fused-ring (bicyclic) bond motifs is 6. The van der Waals surface area contributed by atoms with Crippen LogP contribution in [-0.2, 0) is 0 Å². The molecule has 11 aromatic rings. The van der Waals surface area contributed by atoms with E-state index < -0.39 is 0 Å². The van der Waals surface area contributed by atoms with Crippen LogP contribution in [0, 0.1) is 0 Å². The molecule has 0 unspecified atom stereocenters. The zero-order chi connectivity index (χ0) is 37.0. The van der Waals surface area contributed by atoms with E-state index in [4.69, 9.17) is 19.4 Å². The number of furan rings is 1. The van der Waals surface area contributed by atoms with Crippen LogP contribution in [0.2, 0.25) is 0 Å². The van der Waals surface area contributed by atoms with Gasteiger partial charge >= 0.3 is 0 Å². The molecule has 3 aromatic heterocycles. The van der Waals surface area contributed by atoms with Crippen LogP contribution in [0.5, 0.6) is 0 Å². The quantitative estimate of drug-likeness (QED) is 0.172. The van der Waals surface area contributed by atoms with Gasteiger partial charge in [-0.1, -0.05) is 170 Å². The molecule has 262 valence electrons. The van der Waals surface area contributed by atoms with Gasteiger partial charge < -0.3 is 8.98 Å². The highest BCUT2D eigenvalue weighted by Crippen LogP contribution is 2.43. The normalized spacial score (nSPS) is 11.6. The lowest BCUT2D eigenvalue weighted by atomic mass is 10.0. The van der Waals surface area contributed by atoms with E-state index >= 15 is 0 Å². The first-order valence-corrected chi connectivity index (χ1v) is 18.8. The minimum absolute atomic E-state index is 0.594. The Morgan fingerprint density at radius 1 is 0.339 bits per heavy atom. The monoisotopic (exact) mass is 716 g/mol. The Balaban J connectivity index is 1.18. The van der Waals surface area contributed by atoms with Crippen LogP contribution in [0.1, 0.15) is 0 Å². The number of benzene rings is 8. The Bertz CT molecular complexity index is 3240. The number of hydrogen-bond donors (Lipinski definition) is 0. The van der Waals surface area contributed by atoms with E-state index in [-0.39, 0.29) is 0 Å². The van der Waals surface area contributed by atoms with Crippen molar-refractivity contribution < 1.29 is 4.42 Å². The molecule has 0 atom stereocenters. The number of para-hydroxylation sites is 4. The van der Waals surface area contributed by atoms with Crippen LogP contribution >= 0.6 is 0 Å². The Kier molecular flexibility index (Phi) is 7.42. The molecule has 0 aliphatic carbocycles. The summed E-state index contributed by atoms with van der Waals surface area (Å²) in [4.78, 5) is 15.6. The predicted octanol–water partition coefficient (Wildman–Crippen LogP) is 13.2. The van der Waals surface area contributed by atoms with Crippen LogP contribution in [-0.4, -0.2) is 19.5 Å². The first-order chi connectivity index (χ1) is 27.8. The second-order valence-electron chi connectivity index (χ2n) is 14.0. The van der Waals surface area contributed by atoms with Crippen molar-refractivity contribution in [1.29, 1.82) is 0 Å². The van der Waals surface area contributed by atoms with Crippen LogP contribution < -0.4 is 0 Å². The van der Waals surface area contributed by atoms with Gasteiger partial charge in [-0.15, -0.1) is 0 Å². The van der Waals surface area contributed by atoms with E-state index in [0.29, 0.717) is 17.5 Å². The van der Waals surface area contributed by atoms with Crippen molar-refractivity contribution in [3.05, 3.63) is 194 Å². The molecule has 8 aromatic carbocycles. The smallest absolute Gasteiger partial charge is 0.166 e. The Morgan fingerprint density at radius 3 is 1.62 bits per heavy atom. The molecule has 3 heterocycles. The van der Waals surface area contributed by atoms with E-state index in [1.807, 2.05) is 42.5 Å². The molecule has 0 aliphatic heterocycles. The van der Waals surface area contributed by atoms with Crippen molar-refractivity contribution >= 4 is 43.7 Å². The molecular weight excluding hydrogens is 685 g/mol. The molecule has 0 N–H and O–H groups in total. The maximum absolute atomic E-state index is 6.98. The maximum atomic E-state index is 6.98. The molecule has 5 heteroatoms. The highest BCUT2D eigenvalue weighted by Gasteiger charge is 2.23. The molecule has 56 heavy (non-hydrogen) atoms. The van der Waals surface area contributed by atoms with Gasteiger partial charge in [-0.2, -0.15) is 0 Å². The van der Waals surface area contributed by atoms with Gasteiger partial charge in [-0.3, -0.25) is 0 Å². The van der Waals surface area contributed by atoms with E-state index in [1.54, 1.807) is 0 Å². The second-order valence-corrected chi connectivity index (χ2v) is 14.0. The van der Waals surface area contributed by atoms with Gasteiger partial charge in [-0.05, 0) is 41.0 Å². The zero-order valence-corrected chi connectivity index (χ0v) is 30.2. The average molecular weight is 717 g/mol. The van der Waals surface area contributed by atoms with Gasteiger partial charge in [0.25, 0.3) is 0 Å². The largest absolute Gasteiger partial charge is 0.453 e. The Labute approximate surface area is 322 Å². The van der Waals surface area contributed by atoms with Crippen molar-refractivity contribution in [3.63, 3.8) is 0 Å². The number of hydrogen-bond acceptors (Lipinski definition) is 4. The lowest BCUT2D eigenvalue weighted by Crippen LogP contribution is -2.02. The van der Waals surface area contributed by atoms with Gasteiger partial charge in [0.15, 0.2) is 23.1 Å². The van der Waals surface area contributed by atoms with Crippen LogP contribution in [0.15, 0.2) is 199 Å². The first kappa shape index (κ1) is 31.9. The molecular formula is C51H32N4O. The van der Waals surface area contributed by atoms with Crippen molar-refractivity contribution in [2.24, 2.45) is 0 Å². The van der Waals surface area contributed by atoms with Crippen LogP contribution in [0.4, 0.5) is 0 Å². The number of nitrogens with zero attached hydrogens (tertiary/aromatic N) is 4. The molecule has 0 amide bonds. The summed E-state index contributed by atoms with van der Waals surface area (Å²) in [5, 5.41) is 4.38. The fraction of sp³-hybridized carbons (Fsp3) is 0. The lowest BCUT2D eigenvalue weighted by Gasteiger charge is -2.13. The van der Waals surface area contributed by atoms with Crippen molar-refractivity contribution in [2.45, 2.75) is 0 Å². The van der Waals surface area contributed by atoms with E-state index in [1.165, 1.54) is 0 Å². The van der Waals surface area contributed by atoms with Crippen molar-refractivity contribution in [2.75, 3.05) is 0 Å². The first-order valence-electron chi connectivity index (χ1n) is 18.8. The zero-order valence-electron chi connectivity index (χ0n) is 30.2. The van der Waals surface area contributed by atoms with Gasteiger partial charge in [0.05, 0.1) is 16.7 Å². The van der Waals surface area contributed by atoms with E-state index in [9.17, 15) is 0 Å². The standard InChI is InChI=1S/C51H32N4O/c1-4-16-33(17-5-1)36-22-12-23-37(32-36)50-52-49(35-20-8-3-9-21-35)53-51(54-50)43-29-14-26-40-39-24-10-11-30-44(39)55(46(40)43)45-31-15-28-42-41-27-13-25-38(47(41)56-48(42)45)34-18-6-2-7-19-34/h1-32H. The third-order valence-corrected chi connectivity index (χ3v) is 10.7. The molecule has 0 saturated heterocycles. The summed E-state index contributed by atoms with van der Waals surface area (Å²) in [6, 6.07) is 67.2. The minimum Gasteiger partial charge on any atom is -0.453 e. The summed E-state index contributed by atoms with van der Waals surface area (Å²) >= 11 is 0. The minimum atomic E-state index is 0.594. The summed E-state index contributed by atoms with van der Waals surface area (Å²) < 4.78 is 9.30. The summed E-state index contributed by atoms with van der Waals surface area (Å²) in [6.45, 7) is 0. The molecule has 5 nitrogen and oxygen atoms in total. The van der Waals surface area contributed by atoms with E-state index in [0.717, 1.165) is 88.4 Å². The van der Waals surface area contributed by atoms with Crippen LogP contribution in [0.3, 0.4) is 0 Å². The Hall–Kier alpha value is -7.63. The highest BCUT2D eigenvalue weighted by atomic mass is 16.3. The average Bonchev–Trinajstić information content (AvgIpc) is 3.84. The fourth-order valence-corrected chi connectivity index (χ4v) is 8.09. The highest BCUT2D eigenvalue weighted by molar-refractivity contribution is 6.16. The van der Waals surface area contributed by atoms with Crippen molar-refractivity contribution in [3.8, 4) is 62.1 Å². The molecule has 0 aliphatic rings. The molecule has 0 saturated carbocycles. The van der Waals surface area contributed by atoms with Crippen LogP contribution in [0.25, 0.3) is 106 Å². The van der Waals surface area contributed by atoms with Crippen molar-refractivity contribution in [1.82, 2.24) is 19.5 Å². The van der Waals surface area contributed by atoms with Gasteiger partial charge in [0.2, 0.25) is 0 Å². The maximum Gasteiger partial charge on any atom is 0.166 e. The molecule has 0 bridgehead atoms. The summed E-state index contributed by atoms with van der Waals surface area (Å²) in [6.07, 6.45) is 0. The van der Waals surface area contributed by atoms with Gasteiger partial charge in [0, 0.05) is 43.8 Å². The molecule has 11 rings (SSSR count). The summed E-state index contributed by atoms with van der Waals surface area (Å²) in [5.74, 6) is 1.82. The SMILES string of the molecule is c1ccc(-c2cccc(-c3nc(-c4ccccc4)nc(-c4cccc5c6ccccc6n(-c6cccc7c6oc6c(-c8ccccc8)cccc67)c45)n3)c2)cc1. The summed E-state index contributed by atoms with van der Waals surface area (Å²) in [7, 11) is 0. The third-order valence-electron chi connectivity index (χ3n) is 10.7. The second kappa shape index (κ2) is 13.0. The Morgan fingerprint density at radius 2 is 0.857 bits per heavy atom. The topological polar surface area (TPSA) is 56.7 Å². The van der Waals surface area contributed by atoms with Gasteiger partial charge in [-0.25, -0.2) is 15.0 Å².